The second-order valence-corrected chi connectivity index (χ2v) is 17.5. The van der Waals surface area contributed by atoms with Crippen LogP contribution in [0.25, 0.3) is 0 Å². The van der Waals surface area contributed by atoms with Gasteiger partial charge in [-0.05, 0) is 38.2 Å². The van der Waals surface area contributed by atoms with Crippen molar-refractivity contribution >= 4 is 25.5 Å². The van der Waals surface area contributed by atoms with Crippen molar-refractivity contribution in [1.29, 1.82) is 0 Å². The molecule has 0 aromatic heterocycles. The van der Waals surface area contributed by atoms with E-state index in [2.05, 4.69) is 19.9 Å². The Labute approximate surface area is 336 Å². The topological polar surface area (TPSA) is 128 Å². The van der Waals surface area contributed by atoms with E-state index in [1.165, 1.54) is 89.9 Å². The molecule has 0 fully saturated rings. The summed E-state index contributed by atoms with van der Waals surface area (Å²) in [6.45, 7) is 4.05. The summed E-state index contributed by atoms with van der Waals surface area (Å²) in [4.78, 5) is 49.5. The molecular formula is C44H82NO9P. The minimum atomic E-state index is -4.65. The third-order valence-electron chi connectivity index (χ3n) is 9.45. The number of unbranched alkanes of at least 4 members (excludes halogenated alkanes) is 21. The van der Waals surface area contributed by atoms with E-state index in [-0.39, 0.29) is 31.8 Å². The molecule has 0 spiro atoms. The van der Waals surface area contributed by atoms with Gasteiger partial charge in [0.25, 0.3) is 7.82 Å². The van der Waals surface area contributed by atoms with E-state index < -0.39 is 32.5 Å². The number of carbonyl (C=O) groups excluding carboxylic acids is 3. The van der Waals surface area contributed by atoms with Gasteiger partial charge in [-0.25, -0.2) is 0 Å². The Bertz CT molecular complexity index is 1060. The number of phosphoric acid groups is 1. The van der Waals surface area contributed by atoms with Gasteiger partial charge in [0.1, 0.15) is 19.8 Å². The molecule has 0 aliphatic heterocycles. The van der Waals surface area contributed by atoms with Crippen LogP contribution in [0.3, 0.4) is 0 Å². The first-order chi connectivity index (χ1) is 26.4. The van der Waals surface area contributed by atoms with Gasteiger partial charge >= 0.3 is 11.9 Å². The second kappa shape index (κ2) is 36.5. The van der Waals surface area contributed by atoms with Crippen LogP contribution < -0.4 is 4.89 Å². The first kappa shape index (κ1) is 53.2. The van der Waals surface area contributed by atoms with Crippen molar-refractivity contribution in [2.45, 2.75) is 193 Å². The first-order valence-electron chi connectivity index (χ1n) is 22.0. The monoisotopic (exact) mass is 800 g/mol. The van der Waals surface area contributed by atoms with Crippen LogP contribution in [-0.2, 0) is 37.5 Å². The number of phosphoric ester groups is 1. The molecule has 0 aliphatic carbocycles. The minimum Gasteiger partial charge on any atom is -0.756 e. The smallest absolute Gasteiger partial charge is 0.306 e. The molecular weight excluding hydrogens is 717 g/mol. The molecule has 0 heterocycles. The van der Waals surface area contributed by atoms with Crippen molar-refractivity contribution in [1.82, 2.24) is 0 Å². The molecule has 11 heteroatoms. The minimum absolute atomic E-state index is 0.0485. The van der Waals surface area contributed by atoms with Gasteiger partial charge in [-0.15, -0.1) is 0 Å². The van der Waals surface area contributed by atoms with E-state index >= 15 is 0 Å². The molecule has 0 aromatic rings. The van der Waals surface area contributed by atoms with Crippen molar-refractivity contribution in [2.24, 2.45) is 0 Å². The Morgan fingerprint density at radius 1 is 0.600 bits per heavy atom. The lowest BCUT2D eigenvalue weighted by Crippen LogP contribution is -2.37. The fourth-order valence-electron chi connectivity index (χ4n) is 5.93. The summed E-state index contributed by atoms with van der Waals surface area (Å²) in [6.07, 6.45) is 34.5. The third-order valence-corrected chi connectivity index (χ3v) is 10.4. The summed E-state index contributed by atoms with van der Waals surface area (Å²) in [6, 6.07) is 0. The molecule has 0 radical (unpaired) electrons. The highest BCUT2D eigenvalue weighted by atomic mass is 31.2. The highest BCUT2D eigenvalue weighted by Crippen LogP contribution is 2.38. The van der Waals surface area contributed by atoms with Crippen molar-refractivity contribution in [3.8, 4) is 0 Å². The molecule has 55 heavy (non-hydrogen) atoms. The van der Waals surface area contributed by atoms with E-state index in [9.17, 15) is 23.8 Å². The molecule has 2 atom stereocenters. The quantitative estimate of drug-likeness (QED) is 0.0148. The normalized spacial score (nSPS) is 13.7. The van der Waals surface area contributed by atoms with Gasteiger partial charge in [0.2, 0.25) is 0 Å². The number of nitrogens with zero attached hydrogens (tertiary/aromatic N) is 1. The number of likely N-dealkylation sites (N-methyl/N-ethyl adjacent to an activating group) is 1. The number of ether oxygens (including phenoxy) is 2. The van der Waals surface area contributed by atoms with Crippen LogP contribution in [0.1, 0.15) is 187 Å². The number of hydrogen-bond acceptors (Lipinski definition) is 9. The van der Waals surface area contributed by atoms with Gasteiger partial charge in [0.05, 0.1) is 27.7 Å². The van der Waals surface area contributed by atoms with Crippen molar-refractivity contribution in [3.63, 3.8) is 0 Å². The number of esters is 2. The number of carbonyl (C=O) groups is 3. The summed E-state index contributed by atoms with van der Waals surface area (Å²) in [5, 5.41) is 0. The predicted molar refractivity (Wildman–Crippen MR) is 223 cm³/mol. The average Bonchev–Trinajstić information content (AvgIpc) is 3.12. The molecule has 0 bridgehead atoms. The molecule has 0 amide bonds. The molecule has 0 rings (SSSR count). The second-order valence-electron chi connectivity index (χ2n) is 16.1. The van der Waals surface area contributed by atoms with Gasteiger partial charge in [-0.1, -0.05) is 154 Å². The highest BCUT2D eigenvalue weighted by Gasteiger charge is 2.21. The fourth-order valence-corrected chi connectivity index (χ4v) is 6.66. The van der Waals surface area contributed by atoms with E-state index in [1.54, 1.807) is 6.08 Å². The Kier molecular flexibility index (Phi) is 35.3. The van der Waals surface area contributed by atoms with Crippen LogP contribution in [0, 0.1) is 0 Å². The van der Waals surface area contributed by atoms with E-state index in [4.69, 9.17) is 18.5 Å². The number of quaternary nitrogens is 1. The largest absolute Gasteiger partial charge is 0.756 e. The Hall–Kier alpha value is -1.84. The molecule has 0 N–H and O–H groups in total. The number of hydrogen-bond donors (Lipinski definition) is 0. The number of rotatable bonds is 40. The Balaban J connectivity index is 4.43. The molecule has 0 saturated carbocycles. The summed E-state index contributed by atoms with van der Waals surface area (Å²) in [7, 11) is 1.10. The predicted octanol–water partition coefficient (Wildman–Crippen LogP) is 10.9. The van der Waals surface area contributed by atoms with Crippen LogP contribution in [0.5, 0.6) is 0 Å². The SMILES string of the molecule is CCCCC/C=C\C=C\C(=O)CCCCCCCC(=O)OC[C@H](COP(=O)([O-])OCC[N+](C)(C)C)OC(=O)CCCCCCCCCCCCCCCCC. The van der Waals surface area contributed by atoms with Crippen molar-refractivity contribution in [2.75, 3.05) is 47.5 Å². The molecule has 10 nitrogen and oxygen atoms in total. The number of ketones is 1. The lowest BCUT2D eigenvalue weighted by molar-refractivity contribution is -0.870. The Morgan fingerprint density at radius 2 is 1.07 bits per heavy atom. The van der Waals surface area contributed by atoms with Crippen molar-refractivity contribution in [3.05, 3.63) is 24.3 Å². The summed E-state index contributed by atoms with van der Waals surface area (Å²) in [5.41, 5.74) is 0. The summed E-state index contributed by atoms with van der Waals surface area (Å²) in [5.74, 6) is -0.796. The average molecular weight is 800 g/mol. The zero-order valence-electron chi connectivity index (χ0n) is 35.9. The van der Waals surface area contributed by atoms with Gasteiger partial charge in [0.15, 0.2) is 11.9 Å². The standard InChI is InChI=1S/C44H82NO9P/c1-6-8-10-12-14-15-16-17-18-19-20-21-23-27-32-36-44(48)54-42(40-53-55(49,50)52-38-37-45(3,4)5)39-51-43(47)35-31-28-24-26-30-34-41(46)33-29-25-22-13-11-9-7-2/h22,25,29,33,42H,6-21,23-24,26-28,30-32,34-40H2,1-5H3/b25-22-,33-29+/t42-/m1/s1. The van der Waals surface area contributed by atoms with Crippen LogP contribution in [0.4, 0.5) is 0 Å². The maximum atomic E-state index is 12.7. The molecule has 322 valence electrons. The fraction of sp³-hybridized carbons (Fsp3) is 0.841. The van der Waals surface area contributed by atoms with Crippen LogP contribution in [0.2, 0.25) is 0 Å². The Morgan fingerprint density at radius 3 is 1.60 bits per heavy atom. The zero-order chi connectivity index (χ0) is 40.9. The third kappa shape index (κ3) is 40.2. The number of allylic oxidation sites excluding steroid dienone is 4. The maximum Gasteiger partial charge on any atom is 0.306 e. The molecule has 0 aromatic carbocycles. The lowest BCUT2D eigenvalue weighted by Gasteiger charge is -2.28. The van der Waals surface area contributed by atoms with Crippen LogP contribution in [-0.4, -0.2) is 75.8 Å². The van der Waals surface area contributed by atoms with E-state index in [0.29, 0.717) is 30.3 Å². The van der Waals surface area contributed by atoms with Crippen LogP contribution >= 0.6 is 7.82 Å². The first-order valence-corrected chi connectivity index (χ1v) is 23.5. The summed E-state index contributed by atoms with van der Waals surface area (Å²) < 4.78 is 33.8. The van der Waals surface area contributed by atoms with Crippen LogP contribution in [0.15, 0.2) is 24.3 Å². The zero-order valence-corrected chi connectivity index (χ0v) is 36.8. The van der Waals surface area contributed by atoms with Gasteiger partial charge in [-0.2, -0.15) is 0 Å². The highest BCUT2D eigenvalue weighted by molar-refractivity contribution is 7.45. The summed E-state index contributed by atoms with van der Waals surface area (Å²) >= 11 is 0. The molecule has 0 saturated heterocycles. The van der Waals surface area contributed by atoms with E-state index in [1.807, 2.05) is 33.3 Å². The lowest BCUT2D eigenvalue weighted by atomic mass is 10.0. The van der Waals surface area contributed by atoms with E-state index in [0.717, 1.165) is 51.4 Å². The van der Waals surface area contributed by atoms with Gasteiger partial charge in [0, 0.05) is 19.3 Å². The molecule has 0 aliphatic rings. The maximum absolute atomic E-state index is 12.7. The van der Waals surface area contributed by atoms with Crippen molar-refractivity contribution < 1.29 is 46.8 Å². The molecule has 1 unspecified atom stereocenters. The van der Waals surface area contributed by atoms with Gasteiger partial charge < -0.3 is 27.9 Å². The van der Waals surface area contributed by atoms with Gasteiger partial charge in [-0.3, -0.25) is 18.9 Å².